The largest absolute Gasteiger partial charge is 0.351 e. The Kier molecular flexibility index (Phi) is 3.70. The lowest BCUT2D eigenvalue weighted by molar-refractivity contribution is -0.122. The summed E-state index contributed by atoms with van der Waals surface area (Å²) in [6, 6.07) is 19.6. The van der Waals surface area contributed by atoms with Crippen molar-refractivity contribution in [1.82, 2.24) is 5.32 Å². The van der Waals surface area contributed by atoms with Crippen LogP contribution in [0, 0.1) is 11.3 Å². The number of benzene rings is 2. The summed E-state index contributed by atoms with van der Waals surface area (Å²) < 4.78 is 0. The molecule has 1 amide bonds. The fourth-order valence-corrected chi connectivity index (χ4v) is 2.88. The maximum atomic E-state index is 12.3. The molecule has 1 aliphatic rings. The molecule has 104 valence electrons. The van der Waals surface area contributed by atoms with Gasteiger partial charge in [-0.05, 0) is 29.5 Å². The van der Waals surface area contributed by atoms with Crippen LogP contribution in [0.15, 0.2) is 54.6 Å². The van der Waals surface area contributed by atoms with Crippen LogP contribution in [0.5, 0.6) is 0 Å². The first-order valence-corrected chi connectivity index (χ1v) is 7.09. The molecule has 1 unspecified atom stereocenters. The van der Waals surface area contributed by atoms with Gasteiger partial charge in [-0.15, -0.1) is 0 Å². The number of hydrogen-bond donors (Lipinski definition) is 1. The fourth-order valence-electron chi connectivity index (χ4n) is 2.88. The van der Waals surface area contributed by atoms with Crippen LogP contribution >= 0.6 is 0 Å². The zero-order valence-electron chi connectivity index (χ0n) is 11.6. The highest BCUT2D eigenvalue weighted by Gasteiger charge is 2.26. The number of carbonyl (C=O) groups excluding carboxylic acids is 1. The van der Waals surface area contributed by atoms with Gasteiger partial charge < -0.3 is 5.32 Å². The van der Waals surface area contributed by atoms with Crippen molar-refractivity contribution in [3.8, 4) is 6.07 Å². The first kappa shape index (κ1) is 13.4. The molecular formula is C18H16N2O. The third kappa shape index (κ3) is 2.80. The Morgan fingerprint density at radius 3 is 2.19 bits per heavy atom. The van der Waals surface area contributed by atoms with Crippen molar-refractivity contribution in [3.05, 3.63) is 71.3 Å². The quantitative estimate of drug-likeness (QED) is 0.936. The van der Waals surface area contributed by atoms with Gasteiger partial charge in [0.05, 0.1) is 6.07 Å². The zero-order valence-corrected chi connectivity index (χ0v) is 11.6. The molecule has 0 saturated carbocycles. The molecule has 3 heteroatoms. The average molecular weight is 276 g/mol. The van der Waals surface area contributed by atoms with Crippen molar-refractivity contribution in [2.75, 3.05) is 0 Å². The van der Waals surface area contributed by atoms with Crippen LogP contribution in [0.4, 0.5) is 0 Å². The van der Waals surface area contributed by atoms with E-state index in [0.717, 1.165) is 18.4 Å². The van der Waals surface area contributed by atoms with E-state index in [-0.39, 0.29) is 11.9 Å². The van der Waals surface area contributed by atoms with Crippen molar-refractivity contribution in [2.24, 2.45) is 0 Å². The van der Waals surface area contributed by atoms with E-state index < -0.39 is 5.92 Å². The van der Waals surface area contributed by atoms with Crippen molar-refractivity contribution < 1.29 is 4.79 Å². The van der Waals surface area contributed by atoms with Gasteiger partial charge in [0.1, 0.15) is 5.92 Å². The third-order valence-corrected chi connectivity index (χ3v) is 3.92. The van der Waals surface area contributed by atoms with Crippen LogP contribution in [0.3, 0.4) is 0 Å². The molecule has 0 bridgehead atoms. The lowest BCUT2D eigenvalue weighted by Crippen LogP contribution is -2.38. The fraction of sp³-hybridized carbons (Fsp3) is 0.222. The minimum absolute atomic E-state index is 0.0921. The van der Waals surface area contributed by atoms with Crippen LogP contribution < -0.4 is 5.32 Å². The second-order valence-corrected chi connectivity index (χ2v) is 5.36. The summed E-state index contributed by atoms with van der Waals surface area (Å²) >= 11 is 0. The molecule has 0 saturated heterocycles. The topological polar surface area (TPSA) is 52.9 Å². The van der Waals surface area contributed by atoms with Gasteiger partial charge in [-0.1, -0.05) is 54.6 Å². The summed E-state index contributed by atoms with van der Waals surface area (Å²) in [6.45, 7) is 0. The molecule has 3 nitrogen and oxygen atoms in total. The molecule has 0 fully saturated rings. The van der Waals surface area contributed by atoms with E-state index in [0.29, 0.717) is 0 Å². The van der Waals surface area contributed by atoms with Gasteiger partial charge in [0, 0.05) is 6.04 Å². The maximum Gasteiger partial charge on any atom is 0.242 e. The Bertz CT molecular complexity index is 663. The SMILES string of the molecule is N#CC(C(=O)NC1Cc2ccccc2C1)c1ccccc1. The molecule has 0 aromatic heterocycles. The highest BCUT2D eigenvalue weighted by atomic mass is 16.1. The Hall–Kier alpha value is -2.60. The van der Waals surface area contributed by atoms with Gasteiger partial charge in [-0.3, -0.25) is 4.79 Å². The number of nitrogens with one attached hydrogen (secondary N) is 1. The number of amides is 1. The van der Waals surface area contributed by atoms with E-state index in [4.69, 9.17) is 0 Å². The van der Waals surface area contributed by atoms with E-state index in [1.807, 2.05) is 42.5 Å². The normalized spacial score (nSPS) is 15.0. The Morgan fingerprint density at radius 2 is 1.62 bits per heavy atom. The average Bonchev–Trinajstić information content (AvgIpc) is 2.91. The molecular weight excluding hydrogens is 260 g/mol. The Balaban J connectivity index is 1.69. The standard InChI is InChI=1S/C18H16N2O/c19-12-17(13-6-2-1-3-7-13)18(21)20-16-10-14-8-4-5-9-15(14)11-16/h1-9,16-17H,10-11H2,(H,20,21). The van der Waals surface area contributed by atoms with Crippen LogP contribution in [-0.4, -0.2) is 11.9 Å². The molecule has 1 atom stereocenters. The molecule has 0 spiro atoms. The molecule has 21 heavy (non-hydrogen) atoms. The van der Waals surface area contributed by atoms with Crippen LogP contribution in [-0.2, 0) is 17.6 Å². The van der Waals surface area contributed by atoms with Gasteiger partial charge in [0.25, 0.3) is 0 Å². The van der Waals surface area contributed by atoms with E-state index in [9.17, 15) is 10.1 Å². The molecule has 1 aliphatic carbocycles. The van der Waals surface area contributed by atoms with Gasteiger partial charge in [0.2, 0.25) is 5.91 Å². The number of fused-ring (bicyclic) bond motifs is 1. The highest BCUT2D eigenvalue weighted by molar-refractivity contribution is 5.86. The molecule has 0 aliphatic heterocycles. The van der Waals surface area contributed by atoms with Crippen molar-refractivity contribution in [3.63, 3.8) is 0 Å². The molecule has 0 radical (unpaired) electrons. The molecule has 1 N–H and O–H groups in total. The summed E-state index contributed by atoms with van der Waals surface area (Å²) in [5.74, 6) is -0.948. The summed E-state index contributed by atoms with van der Waals surface area (Å²) in [5.41, 5.74) is 3.32. The van der Waals surface area contributed by atoms with E-state index in [1.165, 1.54) is 11.1 Å². The highest BCUT2D eigenvalue weighted by Crippen LogP contribution is 2.23. The Morgan fingerprint density at radius 1 is 1.05 bits per heavy atom. The third-order valence-electron chi connectivity index (χ3n) is 3.92. The van der Waals surface area contributed by atoms with Crippen LogP contribution in [0.25, 0.3) is 0 Å². The summed E-state index contributed by atoms with van der Waals surface area (Å²) in [7, 11) is 0. The molecule has 3 rings (SSSR count). The lowest BCUT2D eigenvalue weighted by Gasteiger charge is -2.15. The number of rotatable bonds is 3. The lowest BCUT2D eigenvalue weighted by atomic mass is 9.99. The Labute approximate surface area is 124 Å². The van der Waals surface area contributed by atoms with E-state index >= 15 is 0 Å². The summed E-state index contributed by atoms with van der Waals surface area (Å²) in [6.07, 6.45) is 1.68. The zero-order chi connectivity index (χ0) is 14.7. The second kappa shape index (κ2) is 5.80. The molecule has 0 heterocycles. The number of carbonyl (C=O) groups is 1. The number of nitrogens with zero attached hydrogens (tertiary/aromatic N) is 1. The summed E-state index contributed by atoms with van der Waals surface area (Å²) in [4.78, 5) is 12.3. The van der Waals surface area contributed by atoms with E-state index in [2.05, 4.69) is 23.5 Å². The predicted octanol–water partition coefficient (Wildman–Crippen LogP) is 2.58. The van der Waals surface area contributed by atoms with Gasteiger partial charge >= 0.3 is 0 Å². The minimum Gasteiger partial charge on any atom is -0.351 e. The predicted molar refractivity (Wildman–Crippen MR) is 80.6 cm³/mol. The smallest absolute Gasteiger partial charge is 0.242 e. The van der Waals surface area contributed by atoms with Crippen LogP contribution in [0.1, 0.15) is 22.6 Å². The van der Waals surface area contributed by atoms with Crippen molar-refractivity contribution >= 4 is 5.91 Å². The van der Waals surface area contributed by atoms with E-state index in [1.54, 1.807) is 0 Å². The van der Waals surface area contributed by atoms with Gasteiger partial charge in [-0.2, -0.15) is 5.26 Å². The minimum atomic E-state index is -0.741. The number of nitriles is 1. The van der Waals surface area contributed by atoms with Gasteiger partial charge in [-0.25, -0.2) is 0 Å². The van der Waals surface area contributed by atoms with Crippen molar-refractivity contribution in [2.45, 2.75) is 24.8 Å². The van der Waals surface area contributed by atoms with Crippen LogP contribution in [0.2, 0.25) is 0 Å². The molecule has 2 aromatic rings. The monoisotopic (exact) mass is 276 g/mol. The van der Waals surface area contributed by atoms with Gasteiger partial charge in [0.15, 0.2) is 0 Å². The molecule has 2 aromatic carbocycles. The van der Waals surface area contributed by atoms with Crippen molar-refractivity contribution in [1.29, 1.82) is 5.26 Å². The number of hydrogen-bond acceptors (Lipinski definition) is 2. The maximum absolute atomic E-state index is 12.3. The first-order chi connectivity index (χ1) is 10.3. The summed E-state index contributed by atoms with van der Waals surface area (Å²) in [5, 5.41) is 12.3. The second-order valence-electron chi connectivity index (χ2n) is 5.36. The first-order valence-electron chi connectivity index (χ1n) is 7.09.